The molecule has 6 heteroatoms. The summed E-state index contributed by atoms with van der Waals surface area (Å²) < 4.78 is 1.66. The summed E-state index contributed by atoms with van der Waals surface area (Å²) in [6, 6.07) is 16.2. The summed E-state index contributed by atoms with van der Waals surface area (Å²) in [6.45, 7) is 1.37. The Morgan fingerprint density at radius 3 is 2.74 bits per heavy atom. The van der Waals surface area contributed by atoms with Crippen molar-refractivity contribution in [3.63, 3.8) is 0 Å². The lowest BCUT2D eigenvalue weighted by molar-refractivity contribution is -0.126. The Morgan fingerprint density at radius 1 is 1.00 bits per heavy atom. The summed E-state index contributed by atoms with van der Waals surface area (Å²) in [5.41, 5.74) is 3.23. The Kier molecular flexibility index (Phi) is 3.67. The Bertz CT molecular complexity index is 1190. The van der Waals surface area contributed by atoms with E-state index in [2.05, 4.69) is 27.4 Å². The minimum Gasteiger partial charge on any atom is -0.334 e. The lowest BCUT2D eigenvalue weighted by Crippen LogP contribution is -2.34. The molecule has 1 aliphatic rings. The van der Waals surface area contributed by atoms with Crippen molar-refractivity contribution >= 4 is 28.4 Å². The first kappa shape index (κ1) is 15.7. The van der Waals surface area contributed by atoms with Crippen LogP contribution in [0.1, 0.15) is 17.0 Å². The molecule has 0 unspecified atom stereocenters. The van der Waals surface area contributed by atoms with E-state index in [1.807, 2.05) is 41.3 Å². The average Bonchev–Trinajstić information content (AvgIpc) is 3.15. The van der Waals surface area contributed by atoms with Gasteiger partial charge in [-0.2, -0.15) is 9.61 Å². The van der Waals surface area contributed by atoms with Gasteiger partial charge in [0.15, 0.2) is 11.5 Å². The summed E-state index contributed by atoms with van der Waals surface area (Å²) >= 11 is 0. The highest BCUT2D eigenvalue weighted by Gasteiger charge is 2.18. The molecule has 2 aromatic heterocycles. The number of carbonyl (C=O) groups is 1. The highest BCUT2D eigenvalue weighted by Crippen LogP contribution is 2.20. The van der Waals surface area contributed by atoms with Crippen molar-refractivity contribution in [1.29, 1.82) is 0 Å². The molecule has 0 N–H and O–H groups in total. The molecule has 6 nitrogen and oxygen atoms in total. The van der Waals surface area contributed by atoms with Crippen LogP contribution in [0.4, 0.5) is 0 Å². The van der Waals surface area contributed by atoms with Crippen LogP contribution in [0.2, 0.25) is 0 Å². The normalized spacial score (nSPS) is 14.1. The number of aromatic nitrogens is 4. The number of hydrogen-bond acceptors (Lipinski definition) is 4. The van der Waals surface area contributed by atoms with Gasteiger partial charge in [0, 0.05) is 29.9 Å². The molecular formula is C21H17N5O. The van der Waals surface area contributed by atoms with Gasteiger partial charge in [0.1, 0.15) is 0 Å². The van der Waals surface area contributed by atoms with E-state index < -0.39 is 0 Å². The first-order valence-electron chi connectivity index (χ1n) is 8.92. The van der Waals surface area contributed by atoms with Gasteiger partial charge in [0.05, 0.1) is 6.20 Å². The van der Waals surface area contributed by atoms with Gasteiger partial charge in [-0.1, -0.05) is 48.5 Å². The third-order valence-corrected chi connectivity index (χ3v) is 5.00. The molecule has 1 amide bonds. The number of hydrogen-bond donors (Lipinski definition) is 0. The molecule has 0 bridgehead atoms. The van der Waals surface area contributed by atoms with E-state index in [9.17, 15) is 4.79 Å². The maximum Gasteiger partial charge on any atom is 0.247 e. The van der Waals surface area contributed by atoms with E-state index in [1.54, 1.807) is 22.9 Å². The van der Waals surface area contributed by atoms with E-state index >= 15 is 0 Å². The fourth-order valence-corrected chi connectivity index (χ4v) is 3.55. The first-order chi connectivity index (χ1) is 13.3. The van der Waals surface area contributed by atoms with Gasteiger partial charge in [0.25, 0.3) is 0 Å². The van der Waals surface area contributed by atoms with Crippen molar-refractivity contribution in [2.75, 3.05) is 6.54 Å². The molecule has 1 aliphatic heterocycles. The zero-order valence-corrected chi connectivity index (χ0v) is 14.6. The van der Waals surface area contributed by atoms with Crippen molar-refractivity contribution in [1.82, 2.24) is 24.7 Å². The summed E-state index contributed by atoms with van der Waals surface area (Å²) in [4.78, 5) is 14.5. The van der Waals surface area contributed by atoms with E-state index in [-0.39, 0.29) is 5.91 Å². The molecule has 5 rings (SSSR count). The molecule has 0 aliphatic carbocycles. The molecule has 0 fully saturated rings. The van der Waals surface area contributed by atoms with Gasteiger partial charge in [-0.3, -0.25) is 4.79 Å². The van der Waals surface area contributed by atoms with Crippen molar-refractivity contribution in [3.05, 3.63) is 77.8 Å². The zero-order valence-electron chi connectivity index (χ0n) is 14.6. The van der Waals surface area contributed by atoms with Crippen LogP contribution in [0.3, 0.4) is 0 Å². The van der Waals surface area contributed by atoms with Gasteiger partial charge < -0.3 is 4.90 Å². The van der Waals surface area contributed by atoms with Crippen molar-refractivity contribution in [3.8, 4) is 0 Å². The third-order valence-electron chi connectivity index (χ3n) is 5.00. The van der Waals surface area contributed by atoms with Gasteiger partial charge in [-0.05, 0) is 23.6 Å². The largest absolute Gasteiger partial charge is 0.334 e. The highest BCUT2D eigenvalue weighted by atomic mass is 16.2. The van der Waals surface area contributed by atoms with Crippen LogP contribution in [-0.2, 0) is 17.8 Å². The molecule has 0 atom stereocenters. The molecule has 0 saturated heterocycles. The molecule has 2 aromatic carbocycles. The highest BCUT2D eigenvalue weighted by molar-refractivity contribution is 5.94. The second-order valence-electron chi connectivity index (χ2n) is 6.64. The molecule has 4 aromatic rings. The van der Waals surface area contributed by atoms with Crippen LogP contribution in [0, 0.1) is 0 Å². The standard InChI is InChI=1S/C21H17N5O/c27-20(25-12-11-15-5-1-2-7-17(15)14-25)10-9-19-23-24-21-18-8-4-3-6-16(18)13-22-26(19)21/h1-10,13H,11-12,14H2/b10-9+. The zero-order chi connectivity index (χ0) is 18.2. The predicted molar refractivity (Wildman–Crippen MR) is 103 cm³/mol. The third kappa shape index (κ3) is 2.75. The summed E-state index contributed by atoms with van der Waals surface area (Å²) in [7, 11) is 0. The molecule has 132 valence electrons. The molecule has 0 radical (unpaired) electrons. The molecule has 0 spiro atoms. The van der Waals surface area contributed by atoms with Gasteiger partial charge in [-0.15, -0.1) is 10.2 Å². The fourth-order valence-electron chi connectivity index (χ4n) is 3.55. The lowest BCUT2D eigenvalue weighted by Gasteiger charge is -2.27. The molecule has 0 saturated carbocycles. The molecule has 3 heterocycles. The average molecular weight is 355 g/mol. The van der Waals surface area contributed by atoms with Crippen molar-refractivity contribution in [2.45, 2.75) is 13.0 Å². The maximum atomic E-state index is 12.6. The smallest absolute Gasteiger partial charge is 0.247 e. The van der Waals surface area contributed by atoms with Gasteiger partial charge in [-0.25, -0.2) is 0 Å². The first-order valence-corrected chi connectivity index (χ1v) is 8.92. The SMILES string of the molecule is O=C(/C=C/c1nnc2c3ccccc3cnn12)N1CCc2ccccc2C1. The predicted octanol–water partition coefficient (Wildman–Crippen LogP) is 2.88. The van der Waals surface area contributed by atoms with Crippen LogP contribution in [0.5, 0.6) is 0 Å². The van der Waals surface area contributed by atoms with Gasteiger partial charge >= 0.3 is 0 Å². The number of nitrogens with zero attached hydrogens (tertiary/aromatic N) is 5. The fraction of sp³-hybridized carbons (Fsp3) is 0.143. The maximum absolute atomic E-state index is 12.6. The topological polar surface area (TPSA) is 63.4 Å². The Balaban J connectivity index is 1.41. The monoisotopic (exact) mass is 355 g/mol. The van der Waals surface area contributed by atoms with Crippen LogP contribution >= 0.6 is 0 Å². The Hall–Kier alpha value is -3.54. The number of carbonyl (C=O) groups excluding carboxylic acids is 1. The number of benzene rings is 2. The quantitative estimate of drug-likeness (QED) is 0.519. The molecule has 27 heavy (non-hydrogen) atoms. The van der Waals surface area contributed by atoms with E-state index in [4.69, 9.17) is 0 Å². The number of rotatable bonds is 2. The summed E-state index contributed by atoms with van der Waals surface area (Å²) in [5, 5.41) is 14.8. The van der Waals surface area contributed by atoms with E-state index in [0.29, 0.717) is 18.0 Å². The number of amides is 1. The van der Waals surface area contributed by atoms with Crippen LogP contribution in [0.15, 0.2) is 60.8 Å². The lowest BCUT2D eigenvalue weighted by atomic mass is 10.00. The van der Waals surface area contributed by atoms with Crippen molar-refractivity contribution < 1.29 is 4.79 Å². The second kappa shape index (κ2) is 6.32. The van der Waals surface area contributed by atoms with Gasteiger partial charge in [0.2, 0.25) is 5.91 Å². The minimum atomic E-state index is -0.0259. The van der Waals surface area contributed by atoms with E-state index in [0.717, 1.165) is 23.7 Å². The summed E-state index contributed by atoms with van der Waals surface area (Å²) in [5.74, 6) is 0.517. The molecular weight excluding hydrogens is 338 g/mol. The second-order valence-corrected chi connectivity index (χ2v) is 6.64. The van der Waals surface area contributed by atoms with Crippen LogP contribution in [-0.4, -0.2) is 37.2 Å². The van der Waals surface area contributed by atoms with E-state index in [1.165, 1.54) is 11.1 Å². The van der Waals surface area contributed by atoms with Crippen molar-refractivity contribution in [2.24, 2.45) is 0 Å². The minimum absolute atomic E-state index is 0.0259. The Morgan fingerprint density at radius 2 is 1.81 bits per heavy atom. The number of fused-ring (bicyclic) bond motifs is 4. The van der Waals surface area contributed by atoms with Crippen LogP contribution < -0.4 is 0 Å². The Labute approximate surface area is 155 Å². The summed E-state index contributed by atoms with van der Waals surface area (Å²) in [6.07, 6.45) is 5.91. The van der Waals surface area contributed by atoms with Crippen LogP contribution in [0.25, 0.3) is 22.5 Å².